The monoisotopic (exact) mass is 447 g/mol. The van der Waals surface area contributed by atoms with Gasteiger partial charge in [-0.25, -0.2) is 8.42 Å². The van der Waals surface area contributed by atoms with Crippen molar-refractivity contribution in [3.05, 3.63) is 53.6 Å². The molecular formula is C22H29N3O5S. The van der Waals surface area contributed by atoms with Crippen molar-refractivity contribution in [2.45, 2.75) is 11.8 Å². The summed E-state index contributed by atoms with van der Waals surface area (Å²) < 4.78 is 37.7. The van der Waals surface area contributed by atoms with Gasteiger partial charge in [0, 0.05) is 39.3 Å². The normalized spacial score (nSPS) is 15.5. The van der Waals surface area contributed by atoms with E-state index < -0.39 is 10.0 Å². The number of nitrogens with zero attached hydrogens (tertiary/aromatic N) is 2. The standard InChI is InChI=1S/C22H29N3O5S/c1-17-7-9-18(10-8-17)31(27,28)25-15-13-24(14-16-25)12-11-23-22(26)19-5-4-6-20(29-2)21(19)30-3/h4-10H,11-16H2,1-3H3,(H,23,26). The van der Waals surface area contributed by atoms with Gasteiger partial charge in [0.25, 0.3) is 5.91 Å². The summed E-state index contributed by atoms with van der Waals surface area (Å²) in [4.78, 5) is 15.0. The molecule has 0 atom stereocenters. The first-order chi connectivity index (χ1) is 14.9. The largest absolute Gasteiger partial charge is 0.493 e. The number of methoxy groups -OCH3 is 2. The van der Waals surface area contributed by atoms with Gasteiger partial charge in [-0.05, 0) is 31.2 Å². The fourth-order valence-corrected chi connectivity index (χ4v) is 4.96. The lowest BCUT2D eigenvalue weighted by Crippen LogP contribution is -2.50. The average molecular weight is 448 g/mol. The molecule has 0 spiro atoms. The van der Waals surface area contributed by atoms with Crippen molar-refractivity contribution in [1.82, 2.24) is 14.5 Å². The highest BCUT2D eigenvalue weighted by molar-refractivity contribution is 7.89. The maximum absolute atomic E-state index is 12.8. The van der Waals surface area contributed by atoms with Crippen LogP contribution in [0.2, 0.25) is 0 Å². The zero-order valence-corrected chi connectivity index (χ0v) is 18.9. The number of ether oxygens (including phenoxy) is 2. The molecule has 9 heteroatoms. The quantitative estimate of drug-likeness (QED) is 0.663. The molecule has 0 radical (unpaired) electrons. The van der Waals surface area contributed by atoms with E-state index in [2.05, 4.69) is 10.2 Å². The van der Waals surface area contributed by atoms with Gasteiger partial charge in [0.05, 0.1) is 24.7 Å². The van der Waals surface area contributed by atoms with E-state index in [0.717, 1.165) is 5.56 Å². The Morgan fingerprint density at radius 2 is 1.68 bits per heavy atom. The maximum atomic E-state index is 12.8. The van der Waals surface area contributed by atoms with Crippen LogP contribution in [0.4, 0.5) is 0 Å². The zero-order valence-electron chi connectivity index (χ0n) is 18.1. The zero-order chi connectivity index (χ0) is 22.4. The van der Waals surface area contributed by atoms with Crippen LogP contribution in [0.15, 0.2) is 47.4 Å². The first-order valence-corrected chi connectivity index (χ1v) is 11.6. The summed E-state index contributed by atoms with van der Waals surface area (Å²) in [5.41, 5.74) is 1.44. The van der Waals surface area contributed by atoms with Gasteiger partial charge >= 0.3 is 0 Å². The van der Waals surface area contributed by atoms with Gasteiger partial charge in [-0.1, -0.05) is 23.8 Å². The van der Waals surface area contributed by atoms with Gasteiger partial charge in [-0.15, -0.1) is 0 Å². The van der Waals surface area contributed by atoms with E-state index >= 15 is 0 Å². The molecule has 0 saturated carbocycles. The van der Waals surface area contributed by atoms with Crippen molar-refractivity contribution in [1.29, 1.82) is 0 Å². The highest BCUT2D eigenvalue weighted by Crippen LogP contribution is 2.30. The Kier molecular flexibility index (Phi) is 7.53. The van der Waals surface area contributed by atoms with E-state index in [9.17, 15) is 13.2 Å². The predicted molar refractivity (Wildman–Crippen MR) is 118 cm³/mol. The fraction of sp³-hybridized carbons (Fsp3) is 0.409. The van der Waals surface area contributed by atoms with E-state index in [1.54, 1.807) is 30.3 Å². The Morgan fingerprint density at radius 1 is 1.00 bits per heavy atom. The Balaban J connectivity index is 1.50. The van der Waals surface area contributed by atoms with E-state index in [1.807, 2.05) is 19.1 Å². The molecular weight excluding hydrogens is 418 g/mol. The van der Waals surface area contributed by atoms with Gasteiger partial charge in [0.2, 0.25) is 10.0 Å². The minimum absolute atomic E-state index is 0.240. The molecule has 1 heterocycles. The maximum Gasteiger partial charge on any atom is 0.255 e. The molecule has 0 unspecified atom stereocenters. The Labute approximate surface area is 183 Å². The molecule has 0 bridgehead atoms. The number of benzene rings is 2. The van der Waals surface area contributed by atoms with Crippen LogP contribution in [-0.2, 0) is 10.0 Å². The Morgan fingerprint density at radius 3 is 2.29 bits per heavy atom. The second-order valence-corrected chi connectivity index (χ2v) is 9.29. The van der Waals surface area contributed by atoms with Crippen LogP contribution in [0.3, 0.4) is 0 Å². The number of carbonyl (C=O) groups is 1. The lowest BCUT2D eigenvalue weighted by Gasteiger charge is -2.34. The van der Waals surface area contributed by atoms with Gasteiger partial charge in [-0.3, -0.25) is 9.69 Å². The molecule has 1 fully saturated rings. The smallest absolute Gasteiger partial charge is 0.255 e. The topological polar surface area (TPSA) is 88.2 Å². The number of para-hydroxylation sites is 1. The Hall–Kier alpha value is -2.62. The van der Waals surface area contributed by atoms with Crippen LogP contribution in [0.1, 0.15) is 15.9 Å². The molecule has 1 aliphatic heterocycles. The van der Waals surface area contributed by atoms with Crippen molar-refractivity contribution < 1.29 is 22.7 Å². The van der Waals surface area contributed by atoms with Crippen LogP contribution in [-0.4, -0.2) is 77.0 Å². The molecule has 1 saturated heterocycles. The van der Waals surface area contributed by atoms with Crippen molar-refractivity contribution in [3.8, 4) is 11.5 Å². The first kappa shape index (κ1) is 23.1. The molecule has 2 aromatic carbocycles. The summed E-state index contributed by atoms with van der Waals surface area (Å²) in [7, 11) is -0.451. The fourth-order valence-electron chi connectivity index (χ4n) is 3.54. The Bertz CT molecular complexity index is 1000. The highest BCUT2D eigenvalue weighted by Gasteiger charge is 2.28. The molecule has 1 aliphatic rings. The van der Waals surface area contributed by atoms with Crippen molar-refractivity contribution in [2.75, 3.05) is 53.5 Å². The van der Waals surface area contributed by atoms with Crippen molar-refractivity contribution in [3.63, 3.8) is 0 Å². The second-order valence-electron chi connectivity index (χ2n) is 7.36. The molecule has 2 aromatic rings. The van der Waals surface area contributed by atoms with Crippen LogP contribution < -0.4 is 14.8 Å². The summed E-state index contributed by atoms with van der Waals surface area (Å²) in [5, 5.41) is 2.90. The second kappa shape index (κ2) is 10.1. The number of hydrogen-bond acceptors (Lipinski definition) is 6. The van der Waals surface area contributed by atoms with Gasteiger partial charge < -0.3 is 14.8 Å². The van der Waals surface area contributed by atoms with E-state index in [0.29, 0.717) is 61.2 Å². The van der Waals surface area contributed by atoms with Crippen LogP contribution >= 0.6 is 0 Å². The number of hydrogen-bond donors (Lipinski definition) is 1. The predicted octanol–water partition coefficient (Wildman–Crippen LogP) is 1.75. The minimum Gasteiger partial charge on any atom is -0.493 e. The summed E-state index contributed by atoms with van der Waals surface area (Å²) >= 11 is 0. The third kappa shape index (κ3) is 5.36. The summed E-state index contributed by atoms with van der Waals surface area (Å²) in [6, 6.07) is 12.1. The van der Waals surface area contributed by atoms with Gasteiger partial charge in [-0.2, -0.15) is 4.31 Å². The molecule has 31 heavy (non-hydrogen) atoms. The molecule has 1 amide bonds. The third-order valence-corrected chi connectivity index (χ3v) is 7.26. The van der Waals surface area contributed by atoms with E-state index in [1.165, 1.54) is 18.5 Å². The molecule has 0 aliphatic carbocycles. The lowest BCUT2D eigenvalue weighted by atomic mass is 10.1. The number of piperazine rings is 1. The summed E-state index contributed by atoms with van der Waals surface area (Å²) in [6.45, 7) is 5.09. The van der Waals surface area contributed by atoms with Crippen molar-refractivity contribution in [2.24, 2.45) is 0 Å². The molecule has 168 valence electrons. The summed E-state index contributed by atoms with van der Waals surface area (Å²) in [6.07, 6.45) is 0. The molecule has 8 nitrogen and oxygen atoms in total. The first-order valence-electron chi connectivity index (χ1n) is 10.1. The number of carbonyl (C=O) groups excluding carboxylic acids is 1. The molecule has 1 N–H and O–H groups in total. The third-order valence-electron chi connectivity index (χ3n) is 5.35. The number of aryl methyl sites for hydroxylation is 1. The molecule has 3 rings (SSSR count). The van der Waals surface area contributed by atoms with Crippen LogP contribution in [0.5, 0.6) is 11.5 Å². The van der Waals surface area contributed by atoms with Crippen LogP contribution in [0.25, 0.3) is 0 Å². The molecule has 0 aromatic heterocycles. The SMILES string of the molecule is COc1cccc(C(=O)NCCN2CCN(S(=O)(=O)c3ccc(C)cc3)CC2)c1OC. The average Bonchev–Trinajstić information content (AvgIpc) is 2.79. The number of amides is 1. The van der Waals surface area contributed by atoms with Gasteiger partial charge in [0.1, 0.15) is 0 Å². The van der Waals surface area contributed by atoms with E-state index in [4.69, 9.17) is 9.47 Å². The summed E-state index contributed by atoms with van der Waals surface area (Å²) in [5.74, 6) is 0.662. The number of rotatable bonds is 8. The minimum atomic E-state index is -3.48. The van der Waals surface area contributed by atoms with Crippen molar-refractivity contribution >= 4 is 15.9 Å². The van der Waals surface area contributed by atoms with E-state index in [-0.39, 0.29) is 5.91 Å². The number of nitrogens with one attached hydrogen (secondary N) is 1. The number of sulfonamides is 1. The van der Waals surface area contributed by atoms with Crippen LogP contribution in [0, 0.1) is 6.92 Å². The van der Waals surface area contributed by atoms with Gasteiger partial charge in [0.15, 0.2) is 11.5 Å². The highest BCUT2D eigenvalue weighted by atomic mass is 32.2. The lowest BCUT2D eigenvalue weighted by molar-refractivity contribution is 0.0941.